The number of nitrogens with zero attached hydrogens (tertiary/aromatic N) is 2. The molecule has 1 saturated heterocycles. The topological polar surface area (TPSA) is 43.8 Å². The zero-order chi connectivity index (χ0) is 15.4. The lowest BCUT2D eigenvalue weighted by Gasteiger charge is -2.36. The Morgan fingerprint density at radius 1 is 1.48 bits per heavy atom. The average molecular weight is 315 g/mol. The van der Waals surface area contributed by atoms with Crippen molar-refractivity contribution in [3.8, 4) is 0 Å². The van der Waals surface area contributed by atoms with E-state index in [2.05, 4.69) is 4.90 Å². The van der Waals surface area contributed by atoms with E-state index in [0.717, 1.165) is 31.5 Å². The van der Waals surface area contributed by atoms with Gasteiger partial charge in [-0.25, -0.2) is 9.18 Å². The van der Waals surface area contributed by atoms with Crippen LogP contribution >= 0.6 is 11.6 Å². The lowest BCUT2D eigenvalue weighted by molar-refractivity contribution is 0.0917. The van der Waals surface area contributed by atoms with Gasteiger partial charge in [0.1, 0.15) is 5.82 Å². The standard InChI is InChI=1S/C15H20ClFN2O2/c1-2-19(15(20)21)13-5-7-18(8-6-13)10-11-9-12(17)3-4-14(11)16/h3-4,9,13H,2,5-8,10H2,1H3,(H,20,21). The molecule has 2 rings (SSSR count). The summed E-state index contributed by atoms with van der Waals surface area (Å²) in [6, 6.07) is 4.46. The van der Waals surface area contributed by atoms with Crippen LogP contribution in [0, 0.1) is 5.82 Å². The van der Waals surface area contributed by atoms with Gasteiger partial charge in [0.2, 0.25) is 0 Å². The highest BCUT2D eigenvalue weighted by molar-refractivity contribution is 6.31. The van der Waals surface area contributed by atoms with Crippen LogP contribution < -0.4 is 0 Å². The van der Waals surface area contributed by atoms with Gasteiger partial charge in [0, 0.05) is 37.2 Å². The van der Waals surface area contributed by atoms with E-state index in [1.54, 1.807) is 6.07 Å². The molecule has 4 nitrogen and oxygen atoms in total. The van der Waals surface area contributed by atoms with Gasteiger partial charge >= 0.3 is 6.09 Å². The molecule has 1 aliphatic heterocycles. The summed E-state index contributed by atoms with van der Waals surface area (Å²) in [6.45, 7) is 4.55. The number of halogens is 2. The van der Waals surface area contributed by atoms with E-state index in [-0.39, 0.29) is 11.9 Å². The van der Waals surface area contributed by atoms with Crippen LogP contribution in [0.15, 0.2) is 18.2 Å². The van der Waals surface area contributed by atoms with E-state index in [1.165, 1.54) is 17.0 Å². The zero-order valence-electron chi connectivity index (χ0n) is 12.1. The molecule has 0 radical (unpaired) electrons. The van der Waals surface area contributed by atoms with Crippen molar-refractivity contribution < 1.29 is 14.3 Å². The lowest BCUT2D eigenvalue weighted by atomic mass is 10.0. The van der Waals surface area contributed by atoms with Gasteiger partial charge in [-0.05, 0) is 43.5 Å². The molecule has 1 N–H and O–H groups in total. The molecular weight excluding hydrogens is 295 g/mol. The van der Waals surface area contributed by atoms with Crippen LogP contribution in [-0.2, 0) is 6.54 Å². The maximum atomic E-state index is 13.3. The Morgan fingerprint density at radius 2 is 2.14 bits per heavy atom. The molecule has 1 heterocycles. The minimum atomic E-state index is -0.857. The maximum absolute atomic E-state index is 13.3. The van der Waals surface area contributed by atoms with E-state index in [0.29, 0.717) is 18.1 Å². The van der Waals surface area contributed by atoms with Crippen molar-refractivity contribution in [1.82, 2.24) is 9.80 Å². The molecule has 0 aliphatic carbocycles. The number of carbonyl (C=O) groups is 1. The minimum absolute atomic E-state index is 0.0757. The highest BCUT2D eigenvalue weighted by Gasteiger charge is 2.26. The summed E-state index contributed by atoms with van der Waals surface area (Å²) in [6.07, 6.45) is 0.740. The van der Waals surface area contributed by atoms with Crippen molar-refractivity contribution in [2.75, 3.05) is 19.6 Å². The Morgan fingerprint density at radius 3 is 2.71 bits per heavy atom. The first-order chi connectivity index (χ1) is 10.0. The second kappa shape index (κ2) is 7.09. The van der Waals surface area contributed by atoms with Crippen molar-refractivity contribution in [3.63, 3.8) is 0 Å². The first kappa shape index (κ1) is 16.0. The minimum Gasteiger partial charge on any atom is -0.465 e. The highest BCUT2D eigenvalue weighted by atomic mass is 35.5. The second-order valence-corrected chi connectivity index (χ2v) is 5.72. The Bertz CT molecular complexity index is 504. The van der Waals surface area contributed by atoms with Gasteiger partial charge in [0.25, 0.3) is 0 Å². The van der Waals surface area contributed by atoms with Gasteiger partial charge in [-0.1, -0.05) is 11.6 Å². The van der Waals surface area contributed by atoms with Crippen LogP contribution in [0.4, 0.5) is 9.18 Å². The van der Waals surface area contributed by atoms with Crippen molar-refractivity contribution >= 4 is 17.7 Å². The number of amides is 1. The Labute approximate surface area is 129 Å². The van der Waals surface area contributed by atoms with Gasteiger partial charge in [-0.15, -0.1) is 0 Å². The summed E-state index contributed by atoms with van der Waals surface area (Å²) < 4.78 is 13.3. The molecule has 1 aromatic carbocycles. The van der Waals surface area contributed by atoms with E-state index >= 15 is 0 Å². The van der Waals surface area contributed by atoms with E-state index < -0.39 is 6.09 Å². The molecule has 21 heavy (non-hydrogen) atoms. The molecule has 0 unspecified atom stereocenters. The number of rotatable bonds is 4. The van der Waals surface area contributed by atoms with Crippen molar-refractivity contribution in [2.24, 2.45) is 0 Å². The van der Waals surface area contributed by atoms with Gasteiger partial charge in [0.05, 0.1) is 0 Å². The first-order valence-corrected chi connectivity index (χ1v) is 7.55. The van der Waals surface area contributed by atoms with Gasteiger partial charge in [-0.2, -0.15) is 0 Å². The molecule has 116 valence electrons. The van der Waals surface area contributed by atoms with Crippen LogP contribution in [0.2, 0.25) is 5.02 Å². The lowest BCUT2D eigenvalue weighted by Crippen LogP contribution is -2.46. The summed E-state index contributed by atoms with van der Waals surface area (Å²) in [5.74, 6) is -0.285. The summed E-state index contributed by atoms with van der Waals surface area (Å²) in [5.41, 5.74) is 0.778. The summed E-state index contributed by atoms with van der Waals surface area (Å²) in [4.78, 5) is 14.8. The third-order valence-electron chi connectivity index (χ3n) is 3.99. The third-order valence-corrected chi connectivity index (χ3v) is 4.35. The predicted molar refractivity (Wildman–Crippen MR) is 80.1 cm³/mol. The van der Waals surface area contributed by atoms with E-state index in [4.69, 9.17) is 16.7 Å². The average Bonchev–Trinajstić information content (AvgIpc) is 2.45. The molecule has 1 fully saturated rings. The van der Waals surface area contributed by atoms with Crippen molar-refractivity contribution in [2.45, 2.75) is 32.4 Å². The summed E-state index contributed by atoms with van der Waals surface area (Å²) in [7, 11) is 0. The van der Waals surface area contributed by atoms with Gasteiger partial charge in [0.15, 0.2) is 0 Å². The molecule has 1 amide bonds. The van der Waals surface area contributed by atoms with Crippen molar-refractivity contribution in [3.05, 3.63) is 34.6 Å². The highest BCUT2D eigenvalue weighted by Crippen LogP contribution is 2.22. The largest absolute Gasteiger partial charge is 0.465 e. The molecule has 1 aliphatic rings. The summed E-state index contributed by atoms with van der Waals surface area (Å²) >= 11 is 6.08. The fourth-order valence-electron chi connectivity index (χ4n) is 2.84. The molecular formula is C15H20ClFN2O2. The second-order valence-electron chi connectivity index (χ2n) is 5.31. The third kappa shape index (κ3) is 4.08. The van der Waals surface area contributed by atoms with Crippen LogP contribution in [0.25, 0.3) is 0 Å². The van der Waals surface area contributed by atoms with Crippen LogP contribution in [0.5, 0.6) is 0 Å². The first-order valence-electron chi connectivity index (χ1n) is 7.17. The molecule has 1 aromatic rings. The van der Waals surface area contributed by atoms with Crippen LogP contribution in [0.1, 0.15) is 25.3 Å². The Balaban J connectivity index is 1.92. The molecule has 0 aromatic heterocycles. The van der Waals surface area contributed by atoms with Crippen LogP contribution in [0.3, 0.4) is 0 Å². The predicted octanol–water partition coefficient (Wildman–Crippen LogP) is 3.44. The van der Waals surface area contributed by atoms with Gasteiger partial charge in [-0.3, -0.25) is 4.90 Å². The number of hydrogen-bond acceptors (Lipinski definition) is 2. The fraction of sp³-hybridized carbons (Fsp3) is 0.533. The van der Waals surface area contributed by atoms with Gasteiger partial charge < -0.3 is 10.0 Å². The number of piperidine rings is 1. The SMILES string of the molecule is CCN(C(=O)O)C1CCN(Cc2cc(F)ccc2Cl)CC1. The molecule has 0 spiro atoms. The van der Waals surface area contributed by atoms with Crippen LogP contribution in [-0.4, -0.2) is 46.7 Å². The quantitative estimate of drug-likeness (QED) is 0.926. The van der Waals surface area contributed by atoms with Crippen molar-refractivity contribution in [1.29, 1.82) is 0 Å². The normalized spacial score (nSPS) is 16.9. The van der Waals surface area contributed by atoms with E-state index in [1.807, 2.05) is 6.92 Å². The molecule has 0 bridgehead atoms. The number of benzene rings is 1. The smallest absolute Gasteiger partial charge is 0.407 e. The maximum Gasteiger partial charge on any atom is 0.407 e. The van der Waals surface area contributed by atoms with E-state index in [9.17, 15) is 9.18 Å². The fourth-order valence-corrected chi connectivity index (χ4v) is 3.02. The Hall–Kier alpha value is -1.33. The molecule has 6 heteroatoms. The monoisotopic (exact) mass is 314 g/mol. The molecule has 0 atom stereocenters. The number of carboxylic acid groups (broad SMARTS) is 1. The Kier molecular flexibility index (Phi) is 5.42. The number of hydrogen-bond donors (Lipinski definition) is 1. The zero-order valence-corrected chi connectivity index (χ0v) is 12.8. The molecule has 0 saturated carbocycles. The summed E-state index contributed by atoms with van der Waals surface area (Å²) in [5, 5.41) is 9.72. The number of likely N-dealkylation sites (tertiary alicyclic amines) is 1.